The number of hydrogen-bond acceptors (Lipinski definition) is 7. The van der Waals surface area contributed by atoms with Crippen LogP contribution in [0.25, 0.3) is 0 Å². The number of carbonyl (C=O) groups excluding carboxylic acids is 1. The van der Waals surface area contributed by atoms with Crippen LogP contribution in [-0.4, -0.2) is 66.2 Å². The highest BCUT2D eigenvalue weighted by Crippen LogP contribution is 2.36. The summed E-state index contributed by atoms with van der Waals surface area (Å²) in [7, 11) is 0. The molecule has 0 bridgehead atoms. The van der Waals surface area contributed by atoms with Crippen LogP contribution in [0.3, 0.4) is 0 Å². The van der Waals surface area contributed by atoms with Gasteiger partial charge in [-0.05, 0) is 27.7 Å². The van der Waals surface area contributed by atoms with Gasteiger partial charge in [0.05, 0.1) is 25.4 Å². The maximum atomic E-state index is 11.6. The van der Waals surface area contributed by atoms with Crippen LogP contribution in [0.1, 0.15) is 40.5 Å². The van der Waals surface area contributed by atoms with Gasteiger partial charge in [-0.15, -0.1) is 0 Å². The molecule has 0 radical (unpaired) electrons. The van der Waals surface area contributed by atoms with E-state index in [1.54, 1.807) is 17.9 Å². The molecule has 24 heavy (non-hydrogen) atoms. The third kappa shape index (κ3) is 5.26. The third-order valence-electron chi connectivity index (χ3n) is 3.99. The molecular weight excluding hydrogens is 314 g/mol. The van der Waals surface area contributed by atoms with E-state index in [2.05, 4.69) is 0 Å². The Morgan fingerprint density at radius 1 is 1.42 bits per heavy atom. The summed E-state index contributed by atoms with van der Waals surface area (Å²) in [5.41, 5.74) is -0.482. The van der Waals surface area contributed by atoms with Crippen molar-refractivity contribution in [1.82, 2.24) is 4.90 Å². The van der Waals surface area contributed by atoms with Crippen LogP contribution in [-0.2, 0) is 23.7 Å². The summed E-state index contributed by atoms with van der Waals surface area (Å²) >= 11 is 0. The Morgan fingerprint density at radius 2 is 2.08 bits per heavy atom. The van der Waals surface area contributed by atoms with Crippen molar-refractivity contribution in [3.63, 3.8) is 0 Å². The van der Waals surface area contributed by atoms with Crippen LogP contribution in [0.4, 0.5) is 0 Å². The summed E-state index contributed by atoms with van der Waals surface area (Å²) in [5, 5.41) is 10.5. The number of likely N-dealkylation sites (tertiary alicyclic amines) is 1. The molecule has 2 heterocycles. The quantitative estimate of drug-likeness (QED) is 0.459. The standard InChI is InChI=1S/C17H29NO6/c1-5-21-14(19)7-6-13-12-17(22-10-11-23-17)8-9-18(13)15(20)24-16(2,3)4/h6-7,13,15,20H,5,8-12H2,1-4H3/b7-6+. The molecule has 2 atom stereocenters. The van der Waals surface area contributed by atoms with Crippen molar-refractivity contribution in [3.05, 3.63) is 12.2 Å². The van der Waals surface area contributed by atoms with Gasteiger partial charge in [0.1, 0.15) is 0 Å². The topological polar surface area (TPSA) is 77.5 Å². The van der Waals surface area contributed by atoms with Gasteiger partial charge in [0.15, 0.2) is 5.79 Å². The molecule has 2 fully saturated rings. The van der Waals surface area contributed by atoms with Gasteiger partial charge in [0, 0.05) is 31.5 Å². The van der Waals surface area contributed by atoms with E-state index < -0.39 is 23.8 Å². The highest BCUT2D eigenvalue weighted by Gasteiger charge is 2.45. The van der Waals surface area contributed by atoms with Crippen LogP contribution in [0.15, 0.2) is 12.2 Å². The molecule has 7 nitrogen and oxygen atoms in total. The summed E-state index contributed by atoms with van der Waals surface area (Å²) in [5.74, 6) is -1.04. The van der Waals surface area contributed by atoms with E-state index in [9.17, 15) is 9.90 Å². The molecule has 138 valence electrons. The molecule has 2 aliphatic heterocycles. The number of aliphatic hydroxyl groups is 1. The molecule has 0 amide bonds. The van der Waals surface area contributed by atoms with Gasteiger partial charge in [-0.25, -0.2) is 9.69 Å². The fourth-order valence-electron chi connectivity index (χ4n) is 2.98. The average Bonchev–Trinajstić information content (AvgIpc) is 2.91. The van der Waals surface area contributed by atoms with E-state index in [1.807, 2.05) is 20.8 Å². The molecule has 1 spiro atoms. The van der Waals surface area contributed by atoms with Gasteiger partial charge in [0.2, 0.25) is 6.41 Å². The number of ether oxygens (including phenoxy) is 4. The van der Waals surface area contributed by atoms with Crippen LogP contribution in [0.2, 0.25) is 0 Å². The molecule has 0 saturated carbocycles. The zero-order chi connectivity index (χ0) is 17.8. The molecule has 0 aromatic rings. The second-order valence-electron chi connectivity index (χ2n) is 7.03. The highest BCUT2D eigenvalue weighted by molar-refractivity contribution is 5.81. The summed E-state index contributed by atoms with van der Waals surface area (Å²) in [6.45, 7) is 9.40. The average molecular weight is 343 g/mol. The maximum absolute atomic E-state index is 11.6. The van der Waals surface area contributed by atoms with Gasteiger partial charge >= 0.3 is 5.97 Å². The number of piperidine rings is 1. The van der Waals surface area contributed by atoms with Crippen LogP contribution < -0.4 is 0 Å². The first-order chi connectivity index (χ1) is 11.2. The lowest BCUT2D eigenvalue weighted by Gasteiger charge is -2.44. The van der Waals surface area contributed by atoms with Gasteiger partial charge in [0.25, 0.3) is 0 Å². The fourth-order valence-corrected chi connectivity index (χ4v) is 2.98. The second-order valence-corrected chi connectivity index (χ2v) is 7.03. The molecule has 0 aromatic carbocycles. The molecular formula is C17H29NO6. The first-order valence-corrected chi connectivity index (χ1v) is 8.49. The number of carbonyl (C=O) groups is 1. The molecule has 7 heteroatoms. The van der Waals surface area contributed by atoms with Crippen LogP contribution >= 0.6 is 0 Å². The number of aliphatic hydroxyl groups excluding tert-OH is 1. The van der Waals surface area contributed by atoms with E-state index in [0.29, 0.717) is 39.2 Å². The minimum Gasteiger partial charge on any atom is -0.463 e. The third-order valence-corrected chi connectivity index (χ3v) is 3.99. The number of esters is 1. The molecule has 0 aromatic heterocycles. The van der Waals surface area contributed by atoms with Crippen molar-refractivity contribution in [2.24, 2.45) is 0 Å². The summed E-state index contributed by atoms with van der Waals surface area (Å²) in [6, 6.07) is -0.251. The van der Waals surface area contributed by atoms with Gasteiger partial charge in [-0.1, -0.05) is 6.08 Å². The first kappa shape index (κ1) is 19.3. The minimum absolute atomic E-state index is 0.251. The maximum Gasteiger partial charge on any atom is 0.330 e. The lowest BCUT2D eigenvalue weighted by molar-refractivity contribution is -0.273. The van der Waals surface area contributed by atoms with E-state index in [0.717, 1.165) is 0 Å². The minimum atomic E-state index is -1.07. The zero-order valence-electron chi connectivity index (χ0n) is 15.0. The lowest BCUT2D eigenvalue weighted by atomic mass is 9.95. The van der Waals surface area contributed by atoms with Crippen molar-refractivity contribution >= 4 is 5.97 Å². The molecule has 2 saturated heterocycles. The van der Waals surface area contributed by atoms with Crippen molar-refractivity contribution in [3.8, 4) is 0 Å². The zero-order valence-corrected chi connectivity index (χ0v) is 15.0. The largest absolute Gasteiger partial charge is 0.463 e. The number of nitrogens with zero attached hydrogens (tertiary/aromatic N) is 1. The molecule has 2 rings (SSSR count). The Labute approximate surface area is 143 Å². The van der Waals surface area contributed by atoms with Crippen molar-refractivity contribution in [2.75, 3.05) is 26.4 Å². The Bertz CT molecular complexity index is 452. The smallest absolute Gasteiger partial charge is 0.330 e. The van der Waals surface area contributed by atoms with Crippen LogP contribution in [0.5, 0.6) is 0 Å². The fraction of sp³-hybridized carbons (Fsp3) is 0.824. The van der Waals surface area contributed by atoms with Crippen molar-refractivity contribution < 1.29 is 28.8 Å². The first-order valence-electron chi connectivity index (χ1n) is 8.49. The van der Waals surface area contributed by atoms with E-state index >= 15 is 0 Å². The molecule has 2 aliphatic rings. The van der Waals surface area contributed by atoms with Gasteiger partial charge in [-0.2, -0.15) is 0 Å². The molecule has 0 aliphatic carbocycles. The Hall–Kier alpha value is -0.990. The SMILES string of the molecule is CCOC(=O)/C=C/C1CC2(CCN1C(O)OC(C)(C)C)OCCO2. The van der Waals surface area contributed by atoms with E-state index in [-0.39, 0.29) is 6.04 Å². The van der Waals surface area contributed by atoms with Gasteiger partial charge in [-0.3, -0.25) is 0 Å². The van der Waals surface area contributed by atoms with E-state index in [1.165, 1.54) is 6.08 Å². The summed E-state index contributed by atoms with van der Waals surface area (Å²) in [6.07, 6.45) is 3.20. The summed E-state index contributed by atoms with van der Waals surface area (Å²) < 4.78 is 22.1. The number of rotatable bonds is 5. The monoisotopic (exact) mass is 343 g/mol. The molecule has 2 unspecified atom stereocenters. The second kappa shape index (κ2) is 7.93. The predicted octanol–water partition coefficient (Wildman–Crippen LogP) is 1.40. The normalized spacial score (nSPS) is 26.1. The highest BCUT2D eigenvalue weighted by atomic mass is 16.7. The van der Waals surface area contributed by atoms with E-state index in [4.69, 9.17) is 18.9 Å². The van der Waals surface area contributed by atoms with Crippen molar-refractivity contribution in [1.29, 1.82) is 0 Å². The Morgan fingerprint density at radius 3 is 2.67 bits per heavy atom. The predicted molar refractivity (Wildman–Crippen MR) is 87.0 cm³/mol. The van der Waals surface area contributed by atoms with Crippen LogP contribution in [0, 0.1) is 0 Å². The molecule has 1 N–H and O–H groups in total. The lowest BCUT2D eigenvalue weighted by Crippen LogP contribution is -2.55. The van der Waals surface area contributed by atoms with Gasteiger partial charge < -0.3 is 24.1 Å². The van der Waals surface area contributed by atoms with Crippen molar-refractivity contribution in [2.45, 2.75) is 64.4 Å². The Kier molecular flexibility index (Phi) is 6.39. The summed E-state index contributed by atoms with van der Waals surface area (Å²) in [4.78, 5) is 13.4. The number of hydrogen-bond donors (Lipinski definition) is 1. The Balaban J connectivity index is 2.10.